The van der Waals surface area contributed by atoms with Crippen molar-refractivity contribution in [2.24, 2.45) is 23.3 Å². The van der Waals surface area contributed by atoms with Gasteiger partial charge >= 0.3 is 23.9 Å². The zero-order chi connectivity index (χ0) is 55.0. The van der Waals surface area contributed by atoms with Crippen molar-refractivity contribution in [3.8, 4) is 0 Å². The van der Waals surface area contributed by atoms with Crippen LogP contribution >= 0.6 is 0 Å². The largest absolute Gasteiger partial charge is 0.481 e. The number of carbonyl (C=O) groups is 13. The van der Waals surface area contributed by atoms with Crippen LogP contribution in [-0.4, -0.2) is 164 Å². The van der Waals surface area contributed by atoms with Gasteiger partial charge in [0.15, 0.2) is 0 Å². The molecule has 9 amide bonds. The monoisotopic (exact) mass is 1020 g/mol. The van der Waals surface area contributed by atoms with Crippen LogP contribution in [0.4, 0.5) is 0 Å². The smallest absolute Gasteiger partial charge is 0.326 e. The number of nitrogens with one attached hydrogen (secondary N) is 8. The van der Waals surface area contributed by atoms with Crippen LogP contribution in [-0.2, 0) is 68.7 Å². The molecule has 28 nitrogen and oxygen atoms in total. The number of aliphatic carboxylic acids is 4. The van der Waals surface area contributed by atoms with Crippen LogP contribution < -0.4 is 54.0 Å². The van der Waals surface area contributed by atoms with E-state index in [1.165, 1.54) is 13.8 Å². The van der Waals surface area contributed by atoms with E-state index in [0.717, 1.165) is 6.92 Å². The van der Waals surface area contributed by atoms with Crippen LogP contribution in [0.25, 0.3) is 0 Å². The van der Waals surface area contributed by atoms with Gasteiger partial charge in [0.2, 0.25) is 53.2 Å². The van der Waals surface area contributed by atoms with Gasteiger partial charge in [0.1, 0.15) is 54.4 Å². The van der Waals surface area contributed by atoms with Gasteiger partial charge in [-0.05, 0) is 43.6 Å². The minimum absolute atomic E-state index is 0.175. The first kappa shape index (κ1) is 62.3. The highest BCUT2D eigenvalue weighted by molar-refractivity contribution is 5.99. The fraction of sp³-hybridized carbons (Fsp3) is 0.568. The third-order valence-electron chi connectivity index (χ3n) is 10.4. The first-order valence-electron chi connectivity index (χ1n) is 22.6. The molecule has 0 aromatic heterocycles. The zero-order valence-corrected chi connectivity index (χ0v) is 40.3. The molecule has 1 rings (SSSR count). The van der Waals surface area contributed by atoms with Gasteiger partial charge in [-0.1, -0.05) is 58.0 Å². The molecular weight excluding hydrogens is 957 g/mol. The lowest BCUT2D eigenvalue weighted by molar-refractivity contribution is -0.143. The molecule has 28 heteroatoms. The molecule has 0 aliphatic carbocycles. The van der Waals surface area contributed by atoms with E-state index in [9.17, 15) is 82.8 Å². The summed E-state index contributed by atoms with van der Waals surface area (Å²) in [6, 6.07) is -6.54. The van der Waals surface area contributed by atoms with E-state index in [0.29, 0.717) is 5.56 Å². The number of hydrogen-bond donors (Lipinski definition) is 15. The van der Waals surface area contributed by atoms with E-state index in [4.69, 9.17) is 16.6 Å². The van der Waals surface area contributed by atoms with Crippen LogP contribution in [0, 0.1) is 11.8 Å². The van der Waals surface area contributed by atoms with Crippen molar-refractivity contribution < 1.29 is 87.9 Å². The van der Waals surface area contributed by atoms with Crippen LogP contribution in [0.5, 0.6) is 0 Å². The highest BCUT2D eigenvalue weighted by Gasteiger charge is 2.36. The number of primary amides is 1. The average Bonchev–Trinajstić information content (AvgIpc) is 3.28. The fourth-order valence-corrected chi connectivity index (χ4v) is 6.53. The Morgan fingerprint density at radius 2 is 0.931 bits per heavy atom. The van der Waals surface area contributed by atoms with E-state index in [1.54, 1.807) is 44.2 Å². The van der Waals surface area contributed by atoms with Gasteiger partial charge in [-0.3, -0.25) is 57.5 Å². The third-order valence-corrected chi connectivity index (χ3v) is 10.4. The summed E-state index contributed by atoms with van der Waals surface area (Å²) >= 11 is 0. The van der Waals surface area contributed by atoms with Crippen molar-refractivity contribution in [2.75, 3.05) is 6.61 Å². The lowest BCUT2D eigenvalue weighted by Gasteiger charge is -2.28. The highest BCUT2D eigenvalue weighted by atomic mass is 16.4. The quantitative estimate of drug-likeness (QED) is 0.0315. The summed E-state index contributed by atoms with van der Waals surface area (Å²) in [5.74, 6) is -17.0. The van der Waals surface area contributed by atoms with Crippen molar-refractivity contribution in [1.82, 2.24) is 42.5 Å². The highest BCUT2D eigenvalue weighted by Crippen LogP contribution is 2.11. The first-order chi connectivity index (χ1) is 33.6. The summed E-state index contributed by atoms with van der Waals surface area (Å²) in [7, 11) is 0. The minimum atomic E-state index is -1.95. The SMILES string of the molecule is CC(C)CC(NC(=O)C(CC(N)=O)NC(=O)C(NC(=O)C(CCC(=O)O)NC(=O)C(N)CO)C(C)C)C(=O)NC(CC(=O)O)C(=O)NC(C)C(=O)NC(CCC(=O)O)C(=O)NC(Cc1ccccc1)C(=O)O. The maximum atomic E-state index is 13.8. The standard InChI is InChI=1S/C44H66N10O18/c1-20(2)15-27(50-42(69)28(17-31(46)56)52-43(70)35(21(3)4)54-39(66)26(12-14-33(59)60)49-37(64)24(45)19-55)41(68)51-29(18-34(61)62)40(67)47-22(5)36(63)48-25(11-13-32(57)58)38(65)53-30(44(71)72)16-23-9-7-6-8-10-23/h6-10,20-22,24-30,35,55H,11-19,45H2,1-5H3,(H2,46,56)(H,47,67)(H,48,63)(H,49,64)(H,50,69)(H,51,68)(H,52,70)(H,53,65)(H,54,66)(H,57,58)(H,59,60)(H,61,62)(H,71,72). The molecule has 400 valence electrons. The third kappa shape index (κ3) is 23.2. The molecule has 0 aliphatic heterocycles. The zero-order valence-electron chi connectivity index (χ0n) is 40.3. The van der Waals surface area contributed by atoms with Crippen LogP contribution in [0.1, 0.15) is 85.1 Å². The van der Waals surface area contributed by atoms with Gasteiger partial charge in [0.05, 0.1) is 19.4 Å². The Labute approximate surface area is 412 Å². The Morgan fingerprint density at radius 1 is 0.500 bits per heavy atom. The van der Waals surface area contributed by atoms with Crippen LogP contribution in [0.15, 0.2) is 30.3 Å². The topological polar surface area (TPSA) is 471 Å². The molecule has 0 spiro atoms. The molecule has 0 saturated heterocycles. The second-order valence-electron chi connectivity index (χ2n) is 17.4. The summed E-state index contributed by atoms with van der Waals surface area (Å²) in [5.41, 5.74) is 11.4. The second-order valence-corrected chi connectivity index (χ2v) is 17.4. The van der Waals surface area contributed by atoms with Crippen LogP contribution in [0.2, 0.25) is 0 Å². The maximum Gasteiger partial charge on any atom is 0.326 e. The van der Waals surface area contributed by atoms with Gasteiger partial charge in [0.25, 0.3) is 0 Å². The Hall–Kier alpha value is -7.75. The molecule has 0 aliphatic rings. The number of aliphatic hydroxyl groups excluding tert-OH is 1. The molecule has 0 fully saturated rings. The maximum absolute atomic E-state index is 13.8. The number of aliphatic hydroxyl groups is 1. The van der Waals surface area contributed by atoms with Crippen molar-refractivity contribution in [1.29, 1.82) is 0 Å². The minimum Gasteiger partial charge on any atom is -0.481 e. The molecule has 9 atom stereocenters. The molecule has 0 saturated carbocycles. The lowest BCUT2D eigenvalue weighted by Crippen LogP contribution is -2.61. The van der Waals surface area contributed by atoms with Gasteiger partial charge < -0.3 is 79.5 Å². The second kappa shape index (κ2) is 30.8. The summed E-state index contributed by atoms with van der Waals surface area (Å²) in [6.07, 6.45) is -4.62. The Balaban J connectivity index is 3.32. The number of carbonyl (C=O) groups excluding carboxylic acids is 9. The summed E-state index contributed by atoms with van der Waals surface area (Å²) in [6.45, 7) is 6.44. The number of carboxylic acids is 4. The average molecular weight is 1020 g/mol. The van der Waals surface area contributed by atoms with Gasteiger partial charge in [-0.25, -0.2) is 4.79 Å². The number of amides is 9. The van der Waals surface area contributed by atoms with Crippen molar-refractivity contribution in [3.05, 3.63) is 35.9 Å². The van der Waals surface area contributed by atoms with Gasteiger partial charge in [-0.15, -0.1) is 0 Å². The molecule has 17 N–H and O–H groups in total. The van der Waals surface area contributed by atoms with Crippen LogP contribution in [0.3, 0.4) is 0 Å². The number of benzene rings is 1. The Morgan fingerprint density at radius 3 is 1.40 bits per heavy atom. The molecule has 72 heavy (non-hydrogen) atoms. The lowest BCUT2D eigenvalue weighted by atomic mass is 10.00. The predicted molar refractivity (Wildman–Crippen MR) is 248 cm³/mol. The van der Waals surface area contributed by atoms with E-state index >= 15 is 0 Å². The number of rotatable bonds is 33. The fourth-order valence-electron chi connectivity index (χ4n) is 6.53. The first-order valence-corrected chi connectivity index (χ1v) is 22.6. The molecule has 0 radical (unpaired) electrons. The normalized spacial score (nSPS) is 14.7. The summed E-state index contributed by atoms with van der Waals surface area (Å²) < 4.78 is 0. The van der Waals surface area contributed by atoms with Gasteiger partial charge in [0, 0.05) is 19.3 Å². The number of carboxylic acid groups (broad SMARTS) is 4. The Kier molecular flexibility index (Phi) is 26.6. The predicted octanol–water partition coefficient (Wildman–Crippen LogP) is -4.69. The van der Waals surface area contributed by atoms with Crippen molar-refractivity contribution in [2.45, 2.75) is 140 Å². The number of hydrogen-bond acceptors (Lipinski definition) is 15. The molecule has 9 unspecified atom stereocenters. The van der Waals surface area contributed by atoms with E-state index in [1.807, 2.05) is 0 Å². The summed E-state index contributed by atoms with van der Waals surface area (Å²) in [5, 5.41) is 65.1. The number of nitrogens with two attached hydrogens (primary N) is 2. The van der Waals surface area contributed by atoms with Crippen molar-refractivity contribution >= 4 is 77.0 Å². The van der Waals surface area contributed by atoms with E-state index in [2.05, 4.69) is 42.5 Å². The molecule has 0 bridgehead atoms. The molecular formula is C44H66N10O18. The van der Waals surface area contributed by atoms with Crippen molar-refractivity contribution in [3.63, 3.8) is 0 Å². The molecule has 1 aromatic rings. The molecule has 1 aromatic carbocycles. The molecule has 0 heterocycles. The van der Waals surface area contributed by atoms with E-state index in [-0.39, 0.29) is 12.8 Å². The summed E-state index contributed by atoms with van der Waals surface area (Å²) in [4.78, 5) is 166. The van der Waals surface area contributed by atoms with Gasteiger partial charge in [-0.2, -0.15) is 0 Å². The Bertz CT molecular complexity index is 2120. The van der Waals surface area contributed by atoms with E-state index < -0.39 is 188 Å².